The van der Waals surface area contributed by atoms with Gasteiger partial charge >= 0.3 is 5.97 Å². The van der Waals surface area contributed by atoms with Crippen LogP contribution in [0.4, 0.5) is 0 Å². The number of rotatable bonds is 17. The molecule has 4 amide bonds. The van der Waals surface area contributed by atoms with Crippen LogP contribution in [0, 0.1) is 0 Å². The molecule has 0 aliphatic heterocycles. The number of nitrogens with zero attached hydrogens (tertiary/aromatic N) is 1. The molecule has 0 aliphatic rings. The number of primary amides is 1. The van der Waals surface area contributed by atoms with E-state index in [1.807, 2.05) is 6.07 Å². The lowest BCUT2D eigenvalue weighted by Crippen LogP contribution is -2.58. The average molecular weight is 537 g/mol. The number of carboxylic acids is 1. The van der Waals surface area contributed by atoms with E-state index < -0.39 is 60.4 Å². The first-order valence-corrected chi connectivity index (χ1v) is 11.8. The molecule has 1 aromatic carbocycles. The molecule has 0 fully saturated rings. The summed E-state index contributed by atoms with van der Waals surface area (Å²) in [5.41, 5.74) is 22.3. The number of carbonyl (C=O) groups excluding carboxylic acids is 4. The molecule has 1 aromatic rings. The Bertz CT molecular complexity index is 985. The van der Waals surface area contributed by atoms with Crippen LogP contribution in [0.2, 0.25) is 0 Å². The van der Waals surface area contributed by atoms with Crippen LogP contribution in [0.25, 0.3) is 0 Å². The molecule has 210 valence electrons. The monoisotopic (exact) mass is 536 g/mol. The summed E-state index contributed by atoms with van der Waals surface area (Å²) in [5.74, 6) is -4.81. The van der Waals surface area contributed by atoms with Gasteiger partial charge in [0.1, 0.15) is 18.1 Å². The van der Waals surface area contributed by atoms with Gasteiger partial charge in [-0.3, -0.25) is 24.2 Å². The van der Waals surface area contributed by atoms with Gasteiger partial charge in [-0.2, -0.15) is 0 Å². The topological polar surface area (TPSA) is 278 Å². The zero-order valence-electron chi connectivity index (χ0n) is 20.8. The molecule has 0 saturated carbocycles. The maximum Gasteiger partial charge on any atom is 0.326 e. The van der Waals surface area contributed by atoms with E-state index in [2.05, 4.69) is 20.9 Å². The van der Waals surface area contributed by atoms with Crippen LogP contribution in [0.3, 0.4) is 0 Å². The summed E-state index contributed by atoms with van der Waals surface area (Å²) in [5, 5.41) is 26.1. The fourth-order valence-corrected chi connectivity index (χ4v) is 3.29. The molecule has 0 aliphatic carbocycles. The second-order valence-electron chi connectivity index (χ2n) is 8.45. The fraction of sp³-hybridized carbons (Fsp3) is 0.478. The smallest absolute Gasteiger partial charge is 0.326 e. The number of nitrogens with one attached hydrogen (secondary N) is 3. The first-order chi connectivity index (χ1) is 17.9. The molecular formula is C23H36N8O7. The number of aliphatic hydroxyl groups excluding tert-OH is 1. The molecule has 1 rings (SSSR count). The van der Waals surface area contributed by atoms with Crippen LogP contribution in [0.15, 0.2) is 35.3 Å². The van der Waals surface area contributed by atoms with Crippen molar-refractivity contribution in [3.05, 3.63) is 35.9 Å². The third-order valence-electron chi connectivity index (χ3n) is 5.32. The van der Waals surface area contributed by atoms with Gasteiger partial charge in [-0.05, 0) is 31.2 Å². The van der Waals surface area contributed by atoms with Crippen molar-refractivity contribution in [3.8, 4) is 0 Å². The van der Waals surface area contributed by atoms with Crippen molar-refractivity contribution < 1.29 is 34.2 Å². The molecule has 0 heterocycles. The minimum Gasteiger partial charge on any atom is -0.480 e. The van der Waals surface area contributed by atoms with E-state index in [1.165, 1.54) is 0 Å². The Balaban J connectivity index is 2.90. The predicted octanol–water partition coefficient (Wildman–Crippen LogP) is -3.59. The van der Waals surface area contributed by atoms with Gasteiger partial charge in [-0.1, -0.05) is 30.3 Å². The molecular weight excluding hydrogens is 500 g/mol. The highest BCUT2D eigenvalue weighted by Gasteiger charge is 2.30. The van der Waals surface area contributed by atoms with Gasteiger partial charge in [0.05, 0.1) is 12.6 Å². The van der Waals surface area contributed by atoms with Crippen LogP contribution in [-0.4, -0.2) is 83.1 Å². The van der Waals surface area contributed by atoms with Crippen molar-refractivity contribution in [2.24, 2.45) is 27.9 Å². The van der Waals surface area contributed by atoms with Gasteiger partial charge in [0.2, 0.25) is 23.6 Å². The third-order valence-corrected chi connectivity index (χ3v) is 5.32. The summed E-state index contributed by atoms with van der Waals surface area (Å²) in [6.07, 6.45) is -0.173. The van der Waals surface area contributed by atoms with Crippen LogP contribution in [0.1, 0.15) is 31.2 Å². The Morgan fingerprint density at radius 2 is 1.42 bits per heavy atom. The molecule has 0 spiro atoms. The Kier molecular flexibility index (Phi) is 13.8. The molecule has 15 nitrogen and oxygen atoms in total. The number of aliphatic hydroxyl groups is 1. The SMILES string of the molecule is NC(=O)CCC(NC(=O)C(CCCN=C(N)N)NC(=O)C(CO)NC(=O)C(N)Cc1ccccc1)C(=O)O. The Hall–Kier alpha value is -4.24. The average Bonchev–Trinajstić information content (AvgIpc) is 2.86. The summed E-state index contributed by atoms with van der Waals surface area (Å²) in [7, 11) is 0. The van der Waals surface area contributed by atoms with Gasteiger partial charge in [-0.25, -0.2) is 4.79 Å². The van der Waals surface area contributed by atoms with E-state index in [9.17, 15) is 34.2 Å². The van der Waals surface area contributed by atoms with Crippen LogP contribution < -0.4 is 38.9 Å². The van der Waals surface area contributed by atoms with Crippen LogP contribution in [-0.2, 0) is 30.4 Å². The first-order valence-electron chi connectivity index (χ1n) is 11.8. The number of aliphatic imine (C=N–C) groups is 1. The van der Waals surface area contributed by atoms with Crippen molar-refractivity contribution >= 4 is 35.6 Å². The number of hydrogen-bond acceptors (Lipinski definition) is 8. The quantitative estimate of drug-likeness (QED) is 0.0535. The second kappa shape index (κ2) is 16.5. The second-order valence-corrected chi connectivity index (χ2v) is 8.45. The first kappa shape index (κ1) is 31.8. The van der Waals surface area contributed by atoms with Gasteiger partial charge < -0.3 is 49.1 Å². The highest BCUT2D eigenvalue weighted by Crippen LogP contribution is 2.05. The number of amides is 4. The summed E-state index contributed by atoms with van der Waals surface area (Å²) in [4.78, 5) is 64.5. The molecule has 0 bridgehead atoms. The van der Waals surface area contributed by atoms with Crippen molar-refractivity contribution in [1.82, 2.24) is 16.0 Å². The van der Waals surface area contributed by atoms with E-state index in [-0.39, 0.29) is 44.6 Å². The van der Waals surface area contributed by atoms with Crippen LogP contribution >= 0.6 is 0 Å². The lowest BCUT2D eigenvalue weighted by molar-refractivity contribution is -0.142. The molecule has 4 unspecified atom stereocenters. The zero-order chi connectivity index (χ0) is 28.7. The van der Waals surface area contributed by atoms with E-state index in [4.69, 9.17) is 22.9 Å². The maximum absolute atomic E-state index is 12.9. The maximum atomic E-state index is 12.9. The summed E-state index contributed by atoms with van der Waals surface area (Å²) >= 11 is 0. The summed E-state index contributed by atoms with van der Waals surface area (Å²) < 4.78 is 0. The predicted molar refractivity (Wildman–Crippen MR) is 137 cm³/mol. The van der Waals surface area contributed by atoms with Gasteiger partial charge in [-0.15, -0.1) is 0 Å². The Morgan fingerprint density at radius 3 is 1.97 bits per heavy atom. The largest absolute Gasteiger partial charge is 0.480 e. The highest BCUT2D eigenvalue weighted by molar-refractivity contribution is 5.94. The molecule has 0 saturated heterocycles. The summed E-state index contributed by atoms with van der Waals surface area (Å²) in [6.45, 7) is -0.686. The van der Waals surface area contributed by atoms with Crippen molar-refractivity contribution in [2.45, 2.75) is 56.3 Å². The van der Waals surface area contributed by atoms with E-state index in [0.29, 0.717) is 0 Å². The van der Waals surface area contributed by atoms with Crippen LogP contribution in [0.5, 0.6) is 0 Å². The normalized spacial score (nSPS) is 13.7. The number of carbonyl (C=O) groups is 5. The molecule has 38 heavy (non-hydrogen) atoms. The number of aliphatic carboxylic acids is 1. The number of guanidine groups is 1. The molecule has 0 radical (unpaired) electrons. The standard InChI is InChI=1S/C23H36N8O7/c24-14(11-13-5-2-1-3-6-13)19(34)31-17(12-32)21(36)29-15(7-4-10-28-23(26)27)20(35)30-16(22(37)38)8-9-18(25)33/h1-3,5-6,14-17,32H,4,7-12,24H2,(H2,25,33)(H,29,36)(H,30,35)(H,31,34)(H,37,38)(H4,26,27,28). The van der Waals surface area contributed by atoms with Gasteiger partial charge in [0, 0.05) is 13.0 Å². The van der Waals surface area contributed by atoms with Crippen molar-refractivity contribution in [3.63, 3.8) is 0 Å². The zero-order valence-corrected chi connectivity index (χ0v) is 20.8. The number of benzene rings is 1. The highest BCUT2D eigenvalue weighted by atomic mass is 16.4. The number of hydrogen-bond donors (Lipinski definition) is 9. The van der Waals surface area contributed by atoms with Gasteiger partial charge in [0.15, 0.2) is 5.96 Å². The minimum absolute atomic E-state index is 0.0177. The number of carboxylic acid groups (broad SMARTS) is 1. The fourth-order valence-electron chi connectivity index (χ4n) is 3.29. The summed E-state index contributed by atoms with van der Waals surface area (Å²) in [6, 6.07) is 3.75. The van der Waals surface area contributed by atoms with Crippen molar-refractivity contribution in [1.29, 1.82) is 0 Å². The van der Waals surface area contributed by atoms with Crippen molar-refractivity contribution in [2.75, 3.05) is 13.2 Å². The number of nitrogens with two attached hydrogens (primary N) is 4. The lowest BCUT2D eigenvalue weighted by atomic mass is 10.1. The minimum atomic E-state index is -1.45. The lowest BCUT2D eigenvalue weighted by Gasteiger charge is -2.24. The van der Waals surface area contributed by atoms with E-state index in [0.717, 1.165) is 5.56 Å². The van der Waals surface area contributed by atoms with Gasteiger partial charge in [0.25, 0.3) is 0 Å². The molecule has 0 aromatic heterocycles. The molecule has 15 heteroatoms. The molecule has 13 N–H and O–H groups in total. The molecule has 4 atom stereocenters. The third kappa shape index (κ3) is 12.1. The Labute approximate surface area is 219 Å². The van der Waals surface area contributed by atoms with E-state index in [1.54, 1.807) is 24.3 Å². The van der Waals surface area contributed by atoms with E-state index >= 15 is 0 Å². The Morgan fingerprint density at radius 1 is 0.842 bits per heavy atom.